The number of hydrogen-bond acceptors (Lipinski definition) is 2. The fourth-order valence-electron chi connectivity index (χ4n) is 2.38. The van der Waals surface area contributed by atoms with E-state index in [-0.39, 0.29) is 5.82 Å². The Bertz CT molecular complexity index is 831. The van der Waals surface area contributed by atoms with Crippen molar-refractivity contribution in [1.82, 2.24) is 0 Å². The van der Waals surface area contributed by atoms with E-state index in [0.29, 0.717) is 17.5 Å². The monoisotopic (exact) mass is 312 g/mol. The Hall–Kier alpha value is -2.46. The van der Waals surface area contributed by atoms with Gasteiger partial charge in [-0.05, 0) is 35.2 Å². The zero-order chi connectivity index (χ0) is 15.5. The van der Waals surface area contributed by atoms with Crippen molar-refractivity contribution < 1.29 is 14.3 Å². The molecular weight excluding hydrogens is 299 g/mol. The molecule has 2 nitrogen and oxygen atoms in total. The van der Waals surface area contributed by atoms with E-state index in [0.717, 1.165) is 21.0 Å². The lowest BCUT2D eigenvalue weighted by molar-refractivity contribution is -0.131. The third-order valence-corrected chi connectivity index (χ3v) is 4.50. The molecular formula is C18H13FO2S. The van der Waals surface area contributed by atoms with Gasteiger partial charge in [0.15, 0.2) is 0 Å². The van der Waals surface area contributed by atoms with Crippen LogP contribution in [0.5, 0.6) is 0 Å². The average molecular weight is 312 g/mol. The van der Waals surface area contributed by atoms with Gasteiger partial charge in [0, 0.05) is 27.6 Å². The highest BCUT2D eigenvalue weighted by molar-refractivity contribution is 7.19. The molecule has 0 bridgehead atoms. The Balaban J connectivity index is 1.98. The van der Waals surface area contributed by atoms with Crippen LogP contribution in [-0.2, 0) is 11.2 Å². The normalized spacial score (nSPS) is 11.3. The minimum atomic E-state index is -1.04. The molecule has 0 fully saturated rings. The van der Waals surface area contributed by atoms with Crippen molar-refractivity contribution >= 4 is 33.5 Å². The number of carboxylic acid groups (broad SMARTS) is 1. The predicted octanol–water partition coefficient (Wildman–Crippen LogP) is 4.73. The standard InChI is InChI=1S/C18H13FO2S/c19-16-6-3-5-12(8-9-18(20)21)15(16)11-14-10-13-4-1-2-7-17(13)22-14/h1-10H,11H2,(H,20,21). The highest BCUT2D eigenvalue weighted by Crippen LogP contribution is 2.29. The molecule has 0 aliphatic rings. The number of hydrogen-bond donors (Lipinski definition) is 1. The van der Waals surface area contributed by atoms with Crippen molar-refractivity contribution in [1.29, 1.82) is 0 Å². The van der Waals surface area contributed by atoms with E-state index in [2.05, 4.69) is 6.07 Å². The fraction of sp³-hybridized carbons (Fsp3) is 0.0556. The van der Waals surface area contributed by atoms with Gasteiger partial charge in [-0.25, -0.2) is 9.18 Å². The Morgan fingerprint density at radius 1 is 1.18 bits per heavy atom. The second-order valence-electron chi connectivity index (χ2n) is 4.91. The van der Waals surface area contributed by atoms with Crippen molar-refractivity contribution in [3.8, 4) is 0 Å². The number of halogens is 1. The quantitative estimate of drug-likeness (QED) is 0.707. The first-order valence-corrected chi connectivity index (χ1v) is 7.61. The average Bonchev–Trinajstić information content (AvgIpc) is 2.90. The molecule has 1 heterocycles. The Labute approximate surface area is 131 Å². The largest absolute Gasteiger partial charge is 0.478 e. The van der Waals surface area contributed by atoms with E-state index in [1.807, 2.05) is 24.3 Å². The van der Waals surface area contributed by atoms with Gasteiger partial charge >= 0.3 is 5.97 Å². The maximum Gasteiger partial charge on any atom is 0.328 e. The van der Waals surface area contributed by atoms with Gasteiger partial charge in [0.1, 0.15) is 5.82 Å². The number of aliphatic carboxylic acids is 1. The van der Waals surface area contributed by atoms with Crippen molar-refractivity contribution in [2.24, 2.45) is 0 Å². The molecule has 0 aliphatic carbocycles. The summed E-state index contributed by atoms with van der Waals surface area (Å²) >= 11 is 1.63. The van der Waals surface area contributed by atoms with Crippen molar-refractivity contribution in [3.05, 3.63) is 76.4 Å². The third kappa shape index (κ3) is 3.07. The molecule has 22 heavy (non-hydrogen) atoms. The van der Waals surface area contributed by atoms with Crippen LogP contribution in [0.1, 0.15) is 16.0 Å². The lowest BCUT2D eigenvalue weighted by Crippen LogP contribution is -1.95. The van der Waals surface area contributed by atoms with Crippen LogP contribution in [0.3, 0.4) is 0 Å². The molecule has 0 radical (unpaired) electrons. The molecule has 4 heteroatoms. The van der Waals surface area contributed by atoms with Crippen LogP contribution < -0.4 is 0 Å². The molecule has 0 unspecified atom stereocenters. The minimum Gasteiger partial charge on any atom is -0.478 e. The second-order valence-corrected chi connectivity index (χ2v) is 6.07. The summed E-state index contributed by atoms with van der Waals surface area (Å²) in [5.74, 6) is -1.36. The number of carboxylic acids is 1. The lowest BCUT2D eigenvalue weighted by atomic mass is 10.0. The van der Waals surface area contributed by atoms with Crippen LogP contribution in [0.4, 0.5) is 4.39 Å². The second kappa shape index (κ2) is 6.12. The molecule has 0 spiro atoms. The molecule has 2 aromatic carbocycles. The van der Waals surface area contributed by atoms with E-state index in [9.17, 15) is 9.18 Å². The number of benzene rings is 2. The van der Waals surface area contributed by atoms with E-state index in [1.165, 1.54) is 12.1 Å². The van der Waals surface area contributed by atoms with Crippen molar-refractivity contribution in [2.45, 2.75) is 6.42 Å². The van der Waals surface area contributed by atoms with Crippen molar-refractivity contribution in [3.63, 3.8) is 0 Å². The van der Waals surface area contributed by atoms with Crippen LogP contribution in [0.2, 0.25) is 0 Å². The molecule has 0 amide bonds. The van der Waals surface area contributed by atoms with Gasteiger partial charge < -0.3 is 5.11 Å². The van der Waals surface area contributed by atoms with Gasteiger partial charge in [0.25, 0.3) is 0 Å². The van der Waals surface area contributed by atoms with E-state index in [1.54, 1.807) is 23.5 Å². The van der Waals surface area contributed by atoms with Gasteiger partial charge in [-0.15, -0.1) is 11.3 Å². The van der Waals surface area contributed by atoms with Gasteiger partial charge in [-0.2, -0.15) is 0 Å². The highest BCUT2D eigenvalue weighted by atomic mass is 32.1. The van der Waals surface area contributed by atoms with Gasteiger partial charge in [0.05, 0.1) is 0 Å². The van der Waals surface area contributed by atoms with Crippen molar-refractivity contribution in [2.75, 3.05) is 0 Å². The van der Waals surface area contributed by atoms with E-state index in [4.69, 9.17) is 5.11 Å². The lowest BCUT2D eigenvalue weighted by Gasteiger charge is -2.06. The highest BCUT2D eigenvalue weighted by Gasteiger charge is 2.10. The first-order valence-electron chi connectivity index (χ1n) is 6.79. The first kappa shape index (κ1) is 14.5. The predicted molar refractivity (Wildman–Crippen MR) is 87.7 cm³/mol. The zero-order valence-electron chi connectivity index (χ0n) is 11.6. The topological polar surface area (TPSA) is 37.3 Å². The number of rotatable bonds is 4. The summed E-state index contributed by atoms with van der Waals surface area (Å²) in [6.45, 7) is 0. The van der Waals surface area contributed by atoms with Gasteiger partial charge in [-0.1, -0.05) is 30.3 Å². The van der Waals surface area contributed by atoms with Gasteiger partial charge in [-0.3, -0.25) is 0 Å². The Morgan fingerprint density at radius 3 is 2.77 bits per heavy atom. The smallest absolute Gasteiger partial charge is 0.328 e. The van der Waals surface area contributed by atoms with Crippen LogP contribution in [0.15, 0.2) is 54.6 Å². The summed E-state index contributed by atoms with van der Waals surface area (Å²) in [5.41, 5.74) is 1.12. The summed E-state index contributed by atoms with van der Waals surface area (Å²) in [6, 6.07) is 14.8. The molecule has 0 atom stereocenters. The third-order valence-electron chi connectivity index (χ3n) is 3.39. The molecule has 0 aliphatic heterocycles. The minimum absolute atomic E-state index is 0.315. The fourth-order valence-corrected chi connectivity index (χ4v) is 3.45. The number of carbonyl (C=O) groups is 1. The number of fused-ring (bicyclic) bond motifs is 1. The zero-order valence-corrected chi connectivity index (χ0v) is 12.4. The van der Waals surface area contributed by atoms with E-state index < -0.39 is 5.97 Å². The van der Waals surface area contributed by atoms with Crippen LogP contribution in [0.25, 0.3) is 16.2 Å². The van der Waals surface area contributed by atoms with Crippen LogP contribution >= 0.6 is 11.3 Å². The maximum absolute atomic E-state index is 14.1. The summed E-state index contributed by atoms with van der Waals surface area (Å²) in [4.78, 5) is 11.7. The Morgan fingerprint density at radius 2 is 2.00 bits per heavy atom. The molecule has 3 rings (SSSR count). The van der Waals surface area contributed by atoms with Crippen LogP contribution in [-0.4, -0.2) is 11.1 Å². The van der Waals surface area contributed by atoms with Gasteiger partial charge in [0.2, 0.25) is 0 Å². The first-order chi connectivity index (χ1) is 10.6. The number of thiophene rings is 1. The summed E-state index contributed by atoms with van der Waals surface area (Å²) in [6.07, 6.45) is 2.92. The molecule has 0 saturated carbocycles. The van der Waals surface area contributed by atoms with Crippen LogP contribution in [0, 0.1) is 5.82 Å². The SMILES string of the molecule is O=C(O)C=Cc1cccc(F)c1Cc1cc2ccccc2s1. The summed E-state index contributed by atoms with van der Waals surface area (Å²) in [5, 5.41) is 9.88. The Kier molecular flexibility index (Phi) is 4.02. The van der Waals surface area contributed by atoms with E-state index >= 15 is 0 Å². The molecule has 3 aromatic rings. The molecule has 110 valence electrons. The molecule has 0 saturated heterocycles. The summed E-state index contributed by atoms with van der Waals surface area (Å²) < 4.78 is 15.3. The molecule has 1 N–H and O–H groups in total. The summed E-state index contributed by atoms with van der Waals surface area (Å²) in [7, 11) is 0. The molecule has 1 aromatic heterocycles. The maximum atomic E-state index is 14.1.